The van der Waals surface area contributed by atoms with Crippen LogP contribution in [0.3, 0.4) is 0 Å². The van der Waals surface area contributed by atoms with Crippen LogP contribution in [0, 0.1) is 0 Å². The van der Waals surface area contributed by atoms with Crippen LogP contribution in [-0.4, -0.2) is 23.3 Å². The third-order valence-electron chi connectivity index (χ3n) is 2.65. The van der Waals surface area contributed by atoms with E-state index >= 15 is 0 Å². The zero-order valence-corrected chi connectivity index (χ0v) is 8.53. The second kappa shape index (κ2) is 4.69. The van der Waals surface area contributed by atoms with Crippen LogP contribution in [0.15, 0.2) is 11.6 Å². The molecule has 0 radical (unpaired) electrons. The summed E-state index contributed by atoms with van der Waals surface area (Å²) in [4.78, 5) is 0. The molecule has 0 bridgehead atoms. The molecule has 1 aliphatic carbocycles. The number of hydrogen-bond acceptors (Lipinski definition) is 1. The molecule has 0 spiro atoms. The third-order valence-corrected chi connectivity index (χ3v) is 2.65. The Morgan fingerprint density at radius 2 is 1.69 bits per heavy atom. The first-order valence-corrected chi connectivity index (χ1v) is 5.08. The van der Waals surface area contributed by atoms with E-state index in [2.05, 4.69) is 0 Å². The largest absolute Gasteiger partial charge is 0.456 e. The molecule has 0 aliphatic heterocycles. The molecule has 0 saturated carbocycles. The number of hydrogen-bond donors (Lipinski definition) is 1. The number of aliphatic hydroxyl groups is 1. The molecule has 0 aromatic rings. The van der Waals surface area contributed by atoms with Gasteiger partial charge in [0.1, 0.15) is 6.10 Å². The quantitative estimate of drug-likeness (QED) is 0.582. The molecule has 94 valence electrons. The molecule has 0 amide bonds. The van der Waals surface area contributed by atoms with Gasteiger partial charge in [0.25, 0.3) is 0 Å². The van der Waals surface area contributed by atoms with Crippen molar-refractivity contribution in [1.82, 2.24) is 0 Å². The van der Waals surface area contributed by atoms with Gasteiger partial charge < -0.3 is 5.11 Å². The Hall–Kier alpha value is -0.650. The second-order valence-electron chi connectivity index (χ2n) is 3.90. The van der Waals surface area contributed by atoms with E-state index in [1.807, 2.05) is 0 Å². The molecule has 1 rings (SSSR count). The van der Waals surface area contributed by atoms with Crippen LogP contribution in [-0.2, 0) is 0 Å². The van der Waals surface area contributed by atoms with Crippen molar-refractivity contribution in [2.75, 3.05) is 0 Å². The van der Waals surface area contributed by atoms with E-state index in [9.17, 15) is 22.0 Å². The number of rotatable bonds is 2. The van der Waals surface area contributed by atoms with Crippen LogP contribution in [0.25, 0.3) is 0 Å². The lowest BCUT2D eigenvalue weighted by molar-refractivity contribution is -0.307. The van der Waals surface area contributed by atoms with Crippen LogP contribution in [0.1, 0.15) is 32.1 Å². The van der Waals surface area contributed by atoms with E-state index in [4.69, 9.17) is 5.11 Å². The maximum atomic E-state index is 12.8. The van der Waals surface area contributed by atoms with Gasteiger partial charge in [0.15, 0.2) is 0 Å². The monoisotopic (exact) mass is 244 g/mol. The standard InChI is InChI=1S/C10H13F5O/c11-9(12,10(13,14)15)8(16)7-5-3-1-2-4-6-7/h5,8,16H,1-4,6H2. The Labute approximate surface area is 90.0 Å². The lowest BCUT2D eigenvalue weighted by Crippen LogP contribution is -2.47. The molecule has 1 aliphatic rings. The summed E-state index contributed by atoms with van der Waals surface area (Å²) < 4.78 is 61.7. The van der Waals surface area contributed by atoms with E-state index in [1.165, 1.54) is 6.08 Å². The summed E-state index contributed by atoms with van der Waals surface area (Å²) in [6.45, 7) is 0. The highest BCUT2D eigenvalue weighted by atomic mass is 19.4. The Bertz CT molecular complexity index is 269. The Morgan fingerprint density at radius 3 is 2.25 bits per heavy atom. The topological polar surface area (TPSA) is 20.2 Å². The zero-order valence-electron chi connectivity index (χ0n) is 8.53. The van der Waals surface area contributed by atoms with E-state index in [0.29, 0.717) is 12.8 Å². The molecule has 1 N–H and O–H groups in total. The highest BCUT2D eigenvalue weighted by Crippen LogP contribution is 2.41. The lowest BCUT2D eigenvalue weighted by Gasteiger charge is -2.26. The van der Waals surface area contributed by atoms with Gasteiger partial charge in [-0.05, 0) is 31.3 Å². The minimum absolute atomic E-state index is 0.104. The molecule has 16 heavy (non-hydrogen) atoms. The fourth-order valence-electron chi connectivity index (χ4n) is 1.68. The summed E-state index contributed by atoms with van der Waals surface area (Å²) in [6.07, 6.45) is -4.52. The van der Waals surface area contributed by atoms with Crippen molar-refractivity contribution < 1.29 is 27.1 Å². The van der Waals surface area contributed by atoms with Crippen LogP contribution >= 0.6 is 0 Å². The molecule has 6 heteroatoms. The predicted octanol–water partition coefficient (Wildman–Crippen LogP) is 3.44. The molecular formula is C10H13F5O. The predicted molar refractivity (Wildman–Crippen MR) is 48.2 cm³/mol. The van der Waals surface area contributed by atoms with Gasteiger partial charge in [-0.1, -0.05) is 12.5 Å². The molecule has 0 aromatic carbocycles. The fourth-order valence-corrected chi connectivity index (χ4v) is 1.68. The third kappa shape index (κ3) is 2.72. The van der Waals surface area contributed by atoms with Gasteiger partial charge in [-0.15, -0.1) is 0 Å². The number of allylic oxidation sites excluding steroid dienone is 1. The molecular weight excluding hydrogens is 231 g/mol. The summed E-state index contributed by atoms with van der Waals surface area (Å²) in [5, 5.41) is 9.12. The summed E-state index contributed by atoms with van der Waals surface area (Å²) >= 11 is 0. The highest BCUT2D eigenvalue weighted by Gasteiger charge is 2.62. The fraction of sp³-hybridized carbons (Fsp3) is 0.800. The van der Waals surface area contributed by atoms with Crippen molar-refractivity contribution in [3.63, 3.8) is 0 Å². The summed E-state index contributed by atoms with van der Waals surface area (Å²) in [7, 11) is 0. The van der Waals surface area contributed by atoms with Gasteiger partial charge >= 0.3 is 12.1 Å². The minimum Gasteiger partial charge on any atom is -0.382 e. The van der Waals surface area contributed by atoms with Gasteiger partial charge in [0, 0.05) is 0 Å². The van der Waals surface area contributed by atoms with E-state index < -0.39 is 18.2 Å². The summed E-state index contributed by atoms with van der Waals surface area (Å²) in [5.41, 5.74) is -0.195. The van der Waals surface area contributed by atoms with E-state index in [0.717, 1.165) is 12.8 Å². The van der Waals surface area contributed by atoms with Crippen LogP contribution in [0.5, 0.6) is 0 Å². The SMILES string of the molecule is OC(C1=CCCCCC1)C(F)(F)C(F)(F)F. The van der Waals surface area contributed by atoms with Crippen molar-refractivity contribution in [1.29, 1.82) is 0 Å². The molecule has 0 heterocycles. The molecule has 1 atom stereocenters. The Morgan fingerprint density at radius 1 is 1.06 bits per heavy atom. The van der Waals surface area contributed by atoms with Crippen molar-refractivity contribution >= 4 is 0 Å². The Balaban J connectivity index is 2.83. The van der Waals surface area contributed by atoms with E-state index in [1.54, 1.807) is 0 Å². The zero-order chi connectivity index (χ0) is 12.4. The first kappa shape index (κ1) is 13.4. The smallest absolute Gasteiger partial charge is 0.382 e. The van der Waals surface area contributed by atoms with Crippen LogP contribution < -0.4 is 0 Å². The first-order valence-electron chi connectivity index (χ1n) is 5.08. The average molecular weight is 244 g/mol. The highest BCUT2D eigenvalue weighted by molar-refractivity contribution is 5.14. The minimum atomic E-state index is -5.71. The van der Waals surface area contributed by atoms with Crippen LogP contribution in [0.4, 0.5) is 22.0 Å². The van der Waals surface area contributed by atoms with Crippen LogP contribution in [0.2, 0.25) is 0 Å². The van der Waals surface area contributed by atoms with Crippen molar-refractivity contribution in [3.05, 3.63) is 11.6 Å². The maximum Gasteiger partial charge on any atom is 0.456 e. The van der Waals surface area contributed by atoms with Gasteiger partial charge in [-0.25, -0.2) is 0 Å². The van der Waals surface area contributed by atoms with Crippen molar-refractivity contribution in [3.8, 4) is 0 Å². The lowest BCUT2D eigenvalue weighted by atomic mass is 9.99. The molecule has 0 fully saturated rings. The summed E-state index contributed by atoms with van der Waals surface area (Å²) in [6, 6.07) is 0. The van der Waals surface area contributed by atoms with E-state index in [-0.39, 0.29) is 12.0 Å². The molecule has 1 unspecified atom stereocenters. The Kier molecular flexibility index (Phi) is 3.93. The number of halogens is 5. The van der Waals surface area contributed by atoms with Crippen molar-refractivity contribution in [2.24, 2.45) is 0 Å². The number of aliphatic hydroxyl groups excluding tert-OH is 1. The summed E-state index contributed by atoms with van der Waals surface area (Å²) in [5.74, 6) is -5.07. The van der Waals surface area contributed by atoms with Gasteiger partial charge in [0.2, 0.25) is 0 Å². The normalized spacial score (nSPS) is 21.2. The van der Waals surface area contributed by atoms with Gasteiger partial charge in [-0.2, -0.15) is 22.0 Å². The van der Waals surface area contributed by atoms with Crippen molar-refractivity contribution in [2.45, 2.75) is 50.3 Å². The first-order chi connectivity index (χ1) is 7.27. The van der Waals surface area contributed by atoms with Gasteiger partial charge in [-0.3, -0.25) is 0 Å². The second-order valence-corrected chi connectivity index (χ2v) is 3.90. The molecule has 1 nitrogen and oxygen atoms in total. The number of alkyl halides is 5. The molecule has 0 aromatic heterocycles. The molecule has 0 saturated heterocycles. The maximum absolute atomic E-state index is 12.8. The van der Waals surface area contributed by atoms with Gasteiger partial charge in [0.05, 0.1) is 0 Å². The average Bonchev–Trinajstić information content (AvgIpc) is 2.42.